The van der Waals surface area contributed by atoms with Gasteiger partial charge in [0.25, 0.3) is 0 Å². The summed E-state index contributed by atoms with van der Waals surface area (Å²) in [7, 11) is 0. The molecule has 1 aromatic rings. The molecule has 0 aliphatic carbocycles. The van der Waals surface area contributed by atoms with Crippen LogP contribution in [0, 0.1) is 5.92 Å². The smallest absolute Gasteiger partial charge is 0.306 e. The van der Waals surface area contributed by atoms with Crippen molar-refractivity contribution in [3.8, 4) is 0 Å². The number of carbonyl (C=O) groups is 2. The third-order valence-corrected chi connectivity index (χ3v) is 3.99. The van der Waals surface area contributed by atoms with Gasteiger partial charge in [0.15, 0.2) is 0 Å². The summed E-state index contributed by atoms with van der Waals surface area (Å²) in [4.78, 5) is 22.1. The van der Waals surface area contributed by atoms with Gasteiger partial charge in [-0.1, -0.05) is 30.7 Å². The maximum atomic E-state index is 11.5. The highest BCUT2D eigenvalue weighted by Crippen LogP contribution is 2.15. The van der Waals surface area contributed by atoms with Gasteiger partial charge in [0.1, 0.15) is 0 Å². The molecule has 4 nitrogen and oxygen atoms in total. The molecule has 0 aromatic heterocycles. The lowest BCUT2D eigenvalue weighted by Crippen LogP contribution is -2.28. The fourth-order valence-corrected chi connectivity index (χ4v) is 2.39. The first-order valence-electron chi connectivity index (χ1n) is 6.30. The van der Waals surface area contributed by atoms with Gasteiger partial charge in [0.2, 0.25) is 5.91 Å². The molecule has 1 amide bonds. The highest BCUT2D eigenvalue weighted by atomic mass is 35.5. The van der Waals surface area contributed by atoms with Crippen LogP contribution in [0.5, 0.6) is 0 Å². The van der Waals surface area contributed by atoms with Crippen molar-refractivity contribution in [2.45, 2.75) is 19.1 Å². The molecule has 0 heterocycles. The zero-order chi connectivity index (χ0) is 15.0. The summed E-state index contributed by atoms with van der Waals surface area (Å²) in [5.41, 5.74) is 1.12. The van der Waals surface area contributed by atoms with Crippen LogP contribution in [0.25, 0.3) is 0 Å². The molecule has 2 N–H and O–H groups in total. The molecule has 0 spiro atoms. The highest BCUT2D eigenvalue weighted by molar-refractivity contribution is 7.99. The Morgan fingerprint density at radius 2 is 2.00 bits per heavy atom. The fourth-order valence-electron chi connectivity index (χ4n) is 1.44. The number of halogens is 1. The molecule has 20 heavy (non-hydrogen) atoms. The van der Waals surface area contributed by atoms with Crippen LogP contribution in [0.3, 0.4) is 0 Å². The standard InChI is InChI=1S/C14H18ClNO3S/c1-10(14(18)19)6-7-16-13(17)9-20-8-11-2-4-12(15)5-3-11/h2-5,10H,6-9H2,1H3,(H,16,17)(H,18,19). The van der Waals surface area contributed by atoms with Gasteiger partial charge in [-0.05, 0) is 24.1 Å². The number of thioether (sulfide) groups is 1. The summed E-state index contributed by atoms with van der Waals surface area (Å²) >= 11 is 7.30. The van der Waals surface area contributed by atoms with Crippen LogP contribution >= 0.6 is 23.4 Å². The average Bonchev–Trinajstić information content (AvgIpc) is 2.40. The maximum Gasteiger partial charge on any atom is 0.306 e. The number of carboxylic acid groups (broad SMARTS) is 1. The second kappa shape index (κ2) is 8.87. The lowest BCUT2D eigenvalue weighted by Gasteiger charge is -2.07. The van der Waals surface area contributed by atoms with E-state index in [0.29, 0.717) is 23.7 Å². The Kier molecular flexibility index (Phi) is 7.47. The molecule has 0 aliphatic rings. The molecule has 1 atom stereocenters. The fraction of sp³-hybridized carbons (Fsp3) is 0.429. The van der Waals surface area contributed by atoms with E-state index in [0.717, 1.165) is 11.3 Å². The molecule has 0 saturated carbocycles. The van der Waals surface area contributed by atoms with Crippen LogP contribution < -0.4 is 5.32 Å². The van der Waals surface area contributed by atoms with E-state index in [1.54, 1.807) is 6.92 Å². The third-order valence-electron chi connectivity index (χ3n) is 2.74. The van der Waals surface area contributed by atoms with Crippen LogP contribution in [0.4, 0.5) is 0 Å². The Labute approximate surface area is 127 Å². The Balaban J connectivity index is 2.14. The van der Waals surface area contributed by atoms with Crippen molar-refractivity contribution in [3.05, 3.63) is 34.9 Å². The summed E-state index contributed by atoms with van der Waals surface area (Å²) in [5, 5.41) is 12.1. The second-order valence-electron chi connectivity index (χ2n) is 4.50. The van der Waals surface area contributed by atoms with Crippen molar-refractivity contribution in [3.63, 3.8) is 0 Å². The van der Waals surface area contributed by atoms with E-state index in [4.69, 9.17) is 16.7 Å². The van der Waals surface area contributed by atoms with Gasteiger partial charge < -0.3 is 10.4 Å². The molecule has 0 bridgehead atoms. The SMILES string of the molecule is CC(CCNC(=O)CSCc1ccc(Cl)cc1)C(=O)O. The summed E-state index contributed by atoms with van der Waals surface area (Å²) in [5.74, 6) is -0.227. The van der Waals surface area contributed by atoms with E-state index in [9.17, 15) is 9.59 Å². The first kappa shape index (κ1) is 16.9. The van der Waals surface area contributed by atoms with Crippen LogP contribution in [0.1, 0.15) is 18.9 Å². The van der Waals surface area contributed by atoms with E-state index >= 15 is 0 Å². The first-order chi connectivity index (χ1) is 9.49. The van der Waals surface area contributed by atoms with E-state index < -0.39 is 11.9 Å². The van der Waals surface area contributed by atoms with Crippen molar-refractivity contribution in [2.75, 3.05) is 12.3 Å². The summed E-state index contributed by atoms with van der Waals surface area (Å²) in [6.07, 6.45) is 0.447. The van der Waals surface area contributed by atoms with Crippen molar-refractivity contribution >= 4 is 35.2 Å². The molecule has 1 unspecified atom stereocenters. The van der Waals surface area contributed by atoms with Crippen molar-refractivity contribution in [1.82, 2.24) is 5.32 Å². The number of hydrogen-bond acceptors (Lipinski definition) is 3. The van der Waals surface area contributed by atoms with Gasteiger partial charge in [-0.25, -0.2) is 0 Å². The summed E-state index contributed by atoms with van der Waals surface area (Å²) in [6.45, 7) is 2.03. The van der Waals surface area contributed by atoms with Gasteiger partial charge in [-0.2, -0.15) is 0 Å². The minimum atomic E-state index is -0.837. The first-order valence-corrected chi connectivity index (χ1v) is 7.84. The average molecular weight is 316 g/mol. The van der Waals surface area contributed by atoms with Gasteiger partial charge in [-0.15, -0.1) is 11.8 Å². The molecule has 0 radical (unpaired) electrons. The zero-order valence-corrected chi connectivity index (χ0v) is 12.8. The Hall–Kier alpha value is -1.20. The number of benzene rings is 1. The Bertz CT molecular complexity index is 450. The number of hydrogen-bond donors (Lipinski definition) is 2. The number of amides is 1. The van der Waals surface area contributed by atoms with E-state index in [1.807, 2.05) is 24.3 Å². The molecule has 110 valence electrons. The van der Waals surface area contributed by atoms with E-state index in [1.165, 1.54) is 11.8 Å². The number of nitrogens with one attached hydrogen (secondary N) is 1. The van der Waals surface area contributed by atoms with E-state index in [-0.39, 0.29) is 5.91 Å². The van der Waals surface area contributed by atoms with Crippen molar-refractivity contribution in [1.29, 1.82) is 0 Å². The minimum Gasteiger partial charge on any atom is -0.481 e. The van der Waals surface area contributed by atoms with Gasteiger partial charge in [-0.3, -0.25) is 9.59 Å². The van der Waals surface area contributed by atoms with E-state index in [2.05, 4.69) is 5.32 Å². The zero-order valence-electron chi connectivity index (χ0n) is 11.3. The summed E-state index contributed by atoms with van der Waals surface area (Å²) < 4.78 is 0. The third kappa shape index (κ3) is 6.82. The van der Waals surface area contributed by atoms with Crippen LogP contribution in [0.15, 0.2) is 24.3 Å². The number of carboxylic acids is 1. The van der Waals surface area contributed by atoms with Crippen LogP contribution in [-0.4, -0.2) is 29.3 Å². The van der Waals surface area contributed by atoms with Gasteiger partial charge in [0.05, 0.1) is 11.7 Å². The lowest BCUT2D eigenvalue weighted by molar-refractivity contribution is -0.141. The molecule has 6 heteroatoms. The number of rotatable bonds is 8. The molecular formula is C14H18ClNO3S. The largest absolute Gasteiger partial charge is 0.481 e. The van der Waals surface area contributed by atoms with Gasteiger partial charge >= 0.3 is 5.97 Å². The molecule has 0 fully saturated rings. The van der Waals surface area contributed by atoms with Crippen LogP contribution in [0.2, 0.25) is 5.02 Å². The molecule has 1 aromatic carbocycles. The Morgan fingerprint density at radius 3 is 2.60 bits per heavy atom. The van der Waals surface area contributed by atoms with Gasteiger partial charge in [0, 0.05) is 17.3 Å². The lowest BCUT2D eigenvalue weighted by atomic mass is 10.1. The minimum absolute atomic E-state index is 0.0680. The topological polar surface area (TPSA) is 66.4 Å². The molecule has 0 aliphatic heterocycles. The highest BCUT2D eigenvalue weighted by Gasteiger charge is 2.10. The molecule has 1 rings (SSSR count). The number of carbonyl (C=O) groups excluding carboxylic acids is 1. The summed E-state index contributed by atoms with van der Waals surface area (Å²) in [6, 6.07) is 7.51. The Morgan fingerprint density at radius 1 is 1.35 bits per heavy atom. The molecule has 0 saturated heterocycles. The van der Waals surface area contributed by atoms with Crippen LogP contribution in [-0.2, 0) is 15.3 Å². The normalized spacial score (nSPS) is 11.9. The monoisotopic (exact) mass is 315 g/mol. The van der Waals surface area contributed by atoms with Crippen molar-refractivity contribution < 1.29 is 14.7 Å². The predicted octanol–water partition coefficient (Wildman–Crippen LogP) is 2.80. The predicted molar refractivity (Wildman–Crippen MR) is 82.0 cm³/mol. The second-order valence-corrected chi connectivity index (χ2v) is 5.92. The molecular weight excluding hydrogens is 298 g/mol. The number of aliphatic carboxylic acids is 1. The maximum absolute atomic E-state index is 11.5. The quantitative estimate of drug-likeness (QED) is 0.774. The van der Waals surface area contributed by atoms with Crippen molar-refractivity contribution in [2.24, 2.45) is 5.92 Å².